The highest BCUT2D eigenvalue weighted by atomic mass is 32.1. The topological polar surface area (TPSA) is 96.5 Å². The summed E-state index contributed by atoms with van der Waals surface area (Å²) in [7, 11) is 0. The first-order valence-corrected chi connectivity index (χ1v) is 14.7. The number of piperidine rings is 1. The maximum Gasteiger partial charge on any atom is 0.321 e. The third kappa shape index (κ3) is 6.10. The van der Waals surface area contributed by atoms with Crippen molar-refractivity contribution in [2.24, 2.45) is 5.92 Å². The summed E-state index contributed by atoms with van der Waals surface area (Å²) in [6.45, 7) is 6.92. The number of hydrogen-bond donors (Lipinski definition) is 2. The Balaban J connectivity index is 1.42. The number of amides is 2. The summed E-state index contributed by atoms with van der Waals surface area (Å²) >= 11 is 2.81. The lowest BCUT2D eigenvalue weighted by Gasteiger charge is -2.30. The smallest absolute Gasteiger partial charge is 0.321 e. The fourth-order valence-electron chi connectivity index (χ4n) is 4.74. The molecule has 1 saturated heterocycles. The molecule has 11 heteroatoms. The largest absolute Gasteiger partial charge is 0.466 e. The van der Waals surface area contributed by atoms with Gasteiger partial charge in [0.25, 0.3) is 0 Å². The van der Waals surface area contributed by atoms with Crippen molar-refractivity contribution in [2.75, 3.05) is 31.6 Å². The van der Waals surface area contributed by atoms with Crippen LogP contribution in [0.5, 0.6) is 0 Å². The van der Waals surface area contributed by atoms with E-state index in [9.17, 15) is 9.59 Å². The highest BCUT2D eigenvalue weighted by Gasteiger charge is 2.26. The first kappa shape index (κ1) is 27.2. The van der Waals surface area contributed by atoms with Gasteiger partial charge in [-0.05, 0) is 75.0 Å². The highest BCUT2D eigenvalue weighted by Crippen LogP contribution is 2.41. The van der Waals surface area contributed by atoms with Crippen LogP contribution in [0.1, 0.15) is 31.6 Å². The number of likely N-dealkylation sites (tertiary alicyclic amines) is 1. The molecule has 0 radical (unpaired) electrons. The van der Waals surface area contributed by atoms with Crippen LogP contribution in [0.3, 0.4) is 0 Å². The van der Waals surface area contributed by atoms with E-state index < -0.39 is 5.82 Å². The van der Waals surface area contributed by atoms with Crippen LogP contribution in [0.2, 0.25) is 0 Å². The van der Waals surface area contributed by atoms with Gasteiger partial charge >= 0.3 is 12.0 Å². The molecule has 0 saturated carbocycles. The molecule has 2 N–H and O–H groups in total. The van der Waals surface area contributed by atoms with Crippen molar-refractivity contribution in [3.8, 4) is 22.4 Å². The summed E-state index contributed by atoms with van der Waals surface area (Å²) in [4.78, 5) is 36.5. The zero-order chi connectivity index (χ0) is 27.4. The number of hydrogen-bond acceptors (Lipinski definition) is 8. The van der Waals surface area contributed by atoms with Crippen LogP contribution in [-0.4, -0.2) is 53.1 Å². The number of fused-ring (bicyclic) bond motifs is 1. The van der Waals surface area contributed by atoms with Crippen LogP contribution in [-0.2, 0) is 16.1 Å². The molecule has 1 aliphatic rings. The van der Waals surface area contributed by atoms with Crippen LogP contribution in [0, 0.1) is 11.7 Å². The quantitative estimate of drug-likeness (QED) is 0.248. The van der Waals surface area contributed by atoms with Crippen molar-refractivity contribution in [1.82, 2.24) is 20.2 Å². The standard InChI is InChI=1S/C28H30FN5O3S2/c1-3-30-27(36)33-28-32-24-23(29)20(14-21(25(24)39-28)22-7-5-6-10-31-22)18-13-19(38-16-18)15-34-11-8-17(9-12-34)26(35)37-4-2/h5-7,10,13-14,16-17H,3-4,8-9,11-12,15H2,1-2H3,(H2,30,32,33,36). The zero-order valence-corrected chi connectivity index (χ0v) is 23.5. The summed E-state index contributed by atoms with van der Waals surface area (Å²) in [6, 6.07) is 9.07. The van der Waals surface area contributed by atoms with Gasteiger partial charge < -0.3 is 10.1 Å². The average molecular weight is 568 g/mol. The number of urea groups is 1. The maximum atomic E-state index is 15.9. The Morgan fingerprint density at radius 1 is 1.18 bits per heavy atom. The van der Waals surface area contributed by atoms with Gasteiger partial charge in [-0.15, -0.1) is 11.3 Å². The van der Waals surface area contributed by atoms with E-state index in [1.165, 1.54) is 11.3 Å². The number of thiophene rings is 1. The van der Waals surface area contributed by atoms with Crippen LogP contribution < -0.4 is 10.6 Å². The Kier molecular flexibility index (Phi) is 8.49. The van der Waals surface area contributed by atoms with Crippen LogP contribution in [0.25, 0.3) is 32.6 Å². The number of carbonyl (C=O) groups is 2. The monoisotopic (exact) mass is 567 g/mol. The number of carbonyl (C=O) groups excluding carboxylic acids is 2. The molecule has 0 atom stereocenters. The second-order valence-electron chi connectivity index (χ2n) is 9.29. The van der Waals surface area contributed by atoms with E-state index >= 15 is 4.39 Å². The van der Waals surface area contributed by atoms with Gasteiger partial charge in [0.2, 0.25) is 0 Å². The number of nitrogens with one attached hydrogen (secondary N) is 2. The van der Waals surface area contributed by atoms with Gasteiger partial charge in [-0.3, -0.25) is 20.0 Å². The lowest BCUT2D eigenvalue weighted by Crippen LogP contribution is -2.36. The van der Waals surface area contributed by atoms with E-state index in [1.54, 1.807) is 17.5 Å². The minimum Gasteiger partial charge on any atom is -0.466 e. The molecule has 1 aromatic carbocycles. The molecule has 4 aromatic rings. The van der Waals surface area contributed by atoms with E-state index in [0.29, 0.717) is 34.2 Å². The van der Waals surface area contributed by atoms with E-state index in [-0.39, 0.29) is 23.4 Å². The van der Waals surface area contributed by atoms with Crippen molar-refractivity contribution in [3.05, 3.63) is 52.6 Å². The lowest BCUT2D eigenvalue weighted by molar-refractivity contribution is -0.149. The number of ether oxygens (including phenoxy) is 1. The Labute approximate surface area is 234 Å². The third-order valence-corrected chi connectivity index (χ3v) is 8.58. The van der Waals surface area contributed by atoms with Crippen molar-refractivity contribution in [1.29, 1.82) is 0 Å². The molecule has 0 spiro atoms. The molecule has 8 nitrogen and oxygen atoms in total. The summed E-state index contributed by atoms with van der Waals surface area (Å²) in [5, 5.41) is 7.66. The van der Waals surface area contributed by atoms with E-state index in [2.05, 4.69) is 25.5 Å². The number of thiazole rings is 1. The van der Waals surface area contributed by atoms with Gasteiger partial charge in [-0.25, -0.2) is 14.2 Å². The van der Waals surface area contributed by atoms with Crippen molar-refractivity contribution in [2.45, 2.75) is 33.2 Å². The summed E-state index contributed by atoms with van der Waals surface area (Å²) < 4.78 is 21.7. The maximum absolute atomic E-state index is 15.9. The van der Waals surface area contributed by atoms with E-state index in [1.807, 2.05) is 49.6 Å². The number of halogens is 1. The fraction of sp³-hybridized carbons (Fsp3) is 0.357. The van der Waals surface area contributed by atoms with Crippen LogP contribution in [0.15, 0.2) is 41.9 Å². The highest BCUT2D eigenvalue weighted by molar-refractivity contribution is 7.22. The van der Waals surface area contributed by atoms with E-state index in [4.69, 9.17) is 4.74 Å². The Morgan fingerprint density at radius 2 is 2.00 bits per heavy atom. The summed E-state index contributed by atoms with van der Waals surface area (Å²) in [5.41, 5.74) is 2.90. The van der Waals surface area contributed by atoms with Gasteiger partial charge in [0.1, 0.15) is 5.52 Å². The lowest BCUT2D eigenvalue weighted by atomic mass is 9.97. The van der Waals surface area contributed by atoms with Crippen molar-refractivity contribution < 1.29 is 18.7 Å². The molecule has 0 aliphatic carbocycles. The first-order valence-electron chi connectivity index (χ1n) is 13.0. The number of benzene rings is 1. The molecule has 1 fully saturated rings. The molecule has 39 heavy (non-hydrogen) atoms. The van der Waals surface area contributed by atoms with E-state index in [0.717, 1.165) is 48.5 Å². The molecule has 3 aromatic heterocycles. The SMILES string of the molecule is CCNC(=O)Nc1nc2c(F)c(-c3csc(CN4CCC(C(=O)OCC)CC4)c3)cc(-c3ccccn3)c2s1. The number of esters is 1. The molecule has 2 amide bonds. The van der Waals surface area contributed by atoms with Gasteiger partial charge in [0, 0.05) is 35.3 Å². The number of nitrogens with zero attached hydrogens (tertiary/aromatic N) is 3. The Bertz CT molecular complexity index is 1460. The Morgan fingerprint density at radius 3 is 2.72 bits per heavy atom. The molecule has 0 unspecified atom stereocenters. The molecular formula is C28H30FN5O3S2. The van der Waals surface area contributed by atoms with Crippen molar-refractivity contribution in [3.63, 3.8) is 0 Å². The number of anilines is 1. The number of aromatic nitrogens is 2. The first-order chi connectivity index (χ1) is 19.0. The van der Waals surface area contributed by atoms with Gasteiger partial charge in [0.05, 0.1) is 22.9 Å². The summed E-state index contributed by atoms with van der Waals surface area (Å²) in [6.07, 6.45) is 3.27. The average Bonchev–Trinajstić information content (AvgIpc) is 3.57. The number of rotatable bonds is 8. The molecule has 5 rings (SSSR count). The van der Waals surface area contributed by atoms with Crippen LogP contribution in [0.4, 0.5) is 14.3 Å². The number of pyridine rings is 1. The normalized spacial score (nSPS) is 14.4. The second kappa shape index (κ2) is 12.2. The zero-order valence-electron chi connectivity index (χ0n) is 21.8. The van der Waals surface area contributed by atoms with Gasteiger partial charge in [-0.1, -0.05) is 17.4 Å². The molecular weight excluding hydrogens is 537 g/mol. The minimum absolute atomic E-state index is 0.0310. The molecule has 0 bridgehead atoms. The molecule has 1 aliphatic heterocycles. The third-order valence-electron chi connectivity index (χ3n) is 6.66. The predicted octanol–water partition coefficient (Wildman–Crippen LogP) is 6.14. The Hall–Kier alpha value is -3.41. The van der Waals surface area contributed by atoms with Gasteiger partial charge in [0.15, 0.2) is 10.9 Å². The predicted molar refractivity (Wildman–Crippen MR) is 153 cm³/mol. The fourth-order valence-corrected chi connectivity index (χ4v) is 6.65. The minimum atomic E-state index is -0.426. The van der Waals surface area contributed by atoms with Gasteiger partial charge in [-0.2, -0.15) is 0 Å². The summed E-state index contributed by atoms with van der Waals surface area (Å²) in [5.74, 6) is -0.558. The van der Waals surface area contributed by atoms with Crippen LogP contribution >= 0.6 is 22.7 Å². The molecule has 4 heterocycles. The second-order valence-corrected chi connectivity index (χ2v) is 11.3. The van der Waals surface area contributed by atoms with Crippen molar-refractivity contribution >= 4 is 50.0 Å². The molecule has 204 valence electrons.